The van der Waals surface area contributed by atoms with E-state index in [2.05, 4.69) is 10.9 Å². The van der Waals surface area contributed by atoms with Crippen molar-refractivity contribution in [3.8, 4) is 5.75 Å². The molecule has 1 aliphatic carbocycles. The van der Waals surface area contributed by atoms with Crippen LogP contribution < -0.4 is 15.6 Å². The smallest absolute Gasteiger partial charge is 0.276 e. The standard InChI is InChI=1S/C20H21ClN2O3/c1-13-6-7-17(10-14(13)2)26-12-18(24)22-23-19(25)20(8-9-20)15-4-3-5-16(21)11-15/h3-7,10-11H,8-9,12H2,1-2H3,(H,22,24)(H,23,25). The molecule has 1 aliphatic rings. The van der Waals surface area contributed by atoms with Gasteiger partial charge in [-0.25, -0.2) is 0 Å². The summed E-state index contributed by atoms with van der Waals surface area (Å²) in [4.78, 5) is 24.4. The van der Waals surface area contributed by atoms with E-state index >= 15 is 0 Å². The molecule has 0 radical (unpaired) electrons. The second-order valence-electron chi connectivity index (χ2n) is 6.63. The Morgan fingerprint density at radius 1 is 1.08 bits per heavy atom. The summed E-state index contributed by atoms with van der Waals surface area (Å²) in [6.45, 7) is 3.81. The Bertz CT molecular complexity index is 847. The summed E-state index contributed by atoms with van der Waals surface area (Å²) < 4.78 is 5.46. The van der Waals surface area contributed by atoms with Gasteiger partial charge in [-0.1, -0.05) is 29.8 Å². The molecule has 2 N–H and O–H groups in total. The zero-order valence-corrected chi connectivity index (χ0v) is 15.5. The first-order valence-corrected chi connectivity index (χ1v) is 8.84. The SMILES string of the molecule is Cc1ccc(OCC(=O)NNC(=O)C2(c3cccc(Cl)c3)CC2)cc1C. The van der Waals surface area contributed by atoms with E-state index in [9.17, 15) is 9.59 Å². The van der Waals surface area contributed by atoms with Crippen LogP contribution >= 0.6 is 11.6 Å². The number of hydrogen-bond donors (Lipinski definition) is 2. The fourth-order valence-electron chi connectivity index (χ4n) is 2.79. The molecule has 26 heavy (non-hydrogen) atoms. The van der Waals surface area contributed by atoms with E-state index in [1.54, 1.807) is 12.1 Å². The summed E-state index contributed by atoms with van der Waals surface area (Å²) >= 11 is 6.01. The highest BCUT2D eigenvalue weighted by atomic mass is 35.5. The normalized spacial score (nSPS) is 14.4. The lowest BCUT2D eigenvalue weighted by Crippen LogP contribution is -2.48. The van der Waals surface area contributed by atoms with Crippen LogP contribution in [0, 0.1) is 13.8 Å². The van der Waals surface area contributed by atoms with Crippen molar-refractivity contribution in [1.29, 1.82) is 0 Å². The van der Waals surface area contributed by atoms with Crippen molar-refractivity contribution < 1.29 is 14.3 Å². The number of hydrogen-bond acceptors (Lipinski definition) is 3. The molecule has 0 unspecified atom stereocenters. The van der Waals surface area contributed by atoms with E-state index in [4.69, 9.17) is 16.3 Å². The maximum atomic E-state index is 12.5. The van der Waals surface area contributed by atoms with Crippen molar-refractivity contribution in [2.45, 2.75) is 32.1 Å². The van der Waals surface area contributed by atoms with Gasteiger partial charge < -0.3 is 4.74 Å². The highest BCUT2D eigenvalue weighted by Gasteiger charge is 2.51. The molecular formula is C20H21ClN2O3. The van der Waals surface area contributed by atoms with Crippen LogP contribution in [0.25, 0.3) is 0 Å². The van der Waals surface area contributed by atoms with Crippen molar-refractivity contribution in [2.75, 3.05) is 6.61 Å². The Balaban J connectivity index is 1.51. The average molecular weight is 373 g/mol. The summed E-state index contributed by atoms with van der Waals surface area (Å²) in [5.41, 5.74) is 7.42. The van der Waals surface area contributed by atoms with E-state index in [0.29, 0.717) is 10.8 Å². The number of ether oxygens (including phenoxy) is 1. The molecule has 5 nitrogen and oxygen atoms in total. The average Bonchev–Trinajstić information content (AvgIpc) is 3.42. The van der Waals surface area contributed by atoms with Gasteiger partial charge in [0.1, 0.15) is 5.75 Å². The molecule has 0 aromatic heterocycles. The molecule has 1 saturated carbocycles. The second kappa shape index (κ2) is 7.38. The third kappa shape index (κ3) is 3.99. The van der Waals surface area contributed by atoms with Crippen LogP contribution in [-0.4, -0.2) is 18.4 Å². The third-order valence-corrected chi connectivity index (χ3v) is 4.96. The maximum Gasteiger partial charge on any atom is 0.276 e. The molecule has 3 rings (SSSR count). The largest absolute Gasteiger partial charge is 0.484 e. The molecular weight excluding hydrogens is 352 g/mol. The first-order chi connectivity index (χ1) is 12.4. The Labute approximate surface area is 157 Å². The minimum Gasteiger partial charge on any atom is -0.484 e. The number of hydrazine groups is 1. The van der Waals surface area contributed by atoms with Crippen molar-refractivity contribution in [2.24, 2.45) is 0 Å². The lowest BCUT2D eigenvalue weighted by atomic mass is 9.95. The number of nitrogens with one attached hydrogen (secondary N) is 2. The molecule has 0 atom stereocenters. The van der Waals surface area contributed by atoms with Gasteiger partial charge in [-0.2, -0.15) is 0 Å². The number of carbonyl (C=O) groups is 2. The lowest BCUT2D eigenvalue weighted by Gasteiger charge is -2.16. The van der Waals surface area contributed by atoms with Gasteiger partial charge in [0.25, 0.3) is 5.91 Å². The number of halogens is 1. The molecule has 0 saturated heterocycles. The zero-order chi connectivity index (χ0) is 18.7. The van der Waals surface area contributed by atoms with E-state index < -0.39 is 11.3 Å². The molecule has 0 heterocycles. The first-order valence-electron chi connectivity index (χ1n) is 8.46. The predicted molar refractivity (Wildman–Crippen MR) is 100 cm³/mol. The fourth-order valence-corrected chi connectivity index (χ4v) is 2.98. The van der Waals surface area contributed by atoms with Crippen LogP contribution in [0.15, 0.2) is 42.5 Å². The van der Waals surface area contributed by atoms with Crippen LogP contribution in [0.3, 0.4) is 0 Å². The van der Waals surface area contributed by atoms with E-state index in [-0.39, 0.29) is 12.5 Å². The van der Waals surface area contributed by atoms with Crippen molar-refractivity contribution >= 4 is 23.4 Å². The topological polar surface area (TPSA) is 67.4 Å². The molecule has 0 aliphatic heterocycles. The summed E-state index contributed by atoms with van der Waals surface area (Å²) in [6.07, 6.45) is 1.46. The number of benzene rings is 2. The Kier molecular flexibility index (Phi) is 5.18. The highest BCUT2D eigenvalue weighted by molar-refractivity contribution is 6.30. The minimum absolute atomic E-state index is 0.174. The monoisotopic (exact) mass is 372 g/mol. The summed E-state index contributed by atoms with van der Waals surface area (Å²) in [6, 6.07) is 12.9. The third-order valence-electron chi connectivity index (χ3n) is 4.73. The van der Waals surface area contributed by atoms with Gasteiger partial charge in [0, 0.05) is 5.02 Å². The van der Waals surface area contributed by atoms with Crippen LogP contribution in [0.1, 0.15) is 29.5 Å². The zero-order valence-electron chi connectivity index (χ0n) is 14.8. The Hall–Kier alpha value is -2.53. The molecule has 2 amide bonds. The first kappa shape index (κ1) is 18.3. The fraction of sp³-hybridized carbons (Fsp3) is 0.300. The molecule has 2 aromatic rings. The summed E-state index contributed by atoms with van der Waals surface area (Å²) in [5.74, 6) is -0.0371. The number of aryl methyl sites for hydroxylation is 2. The van der Waals surface area contributed by atoms with Gasteiger partial charge in [0.15, 0.2) is 6.61 Å². The van der Waals surface area contributed by atoms with Crippen molar-refractivity contribution in [3.05, 3.63) is 64.2 Å². The minimum atomic E-state index is -0.604. The number of carbonyl (C=O) groups excluding carboxylic acids is 2. The van der Waals surface area contributed by atoms with Gasteiger partial charge in [-0.05, 0) is 67.6 Å². The van der Waals surface area contributed by atoms with Gasteiger partial charge in [-0.15, -0.1) is 0 Å². The molecule has 6 heteroatoms. The number of amides is 2. The molecule has 0 spiro atoms. The molecule has 0 bridgehead atoms. The maximum absolute atomic E-state index is 12.5. The Morgan fingerprint density at radius 2 is 1.85 bits per heavy atom. The van der Waals surface area contributed by atoms with E-state index in [0.717, 1.165) is 29.5 Å². The van der Waals surface area contributed by atoms with Crippen LogP contribution in [0.5, 0.6) is 5.75 Å². The van der Waals surface area contributed by atoms with Gasteiger partial charge in [0.2, 0.25) is 5.91 Å². The van der Waals surface area contributed by atoms with Gasteiger partial charge >= 0.3 is 0 Å². The van der Waals surface area contributed by atoms with Crippen LogP contribution in [0.2, 0.25) is 5.02 Å². The van der Waals surface area contributed by atoms with Crippen LogP contribution in [-0.2, 0) is 15.0 Å². The van der Waals surface area contributed by atoms with Crippen LogP contribution in [0.4, 0.5) is 0 Å². The molecule has 2 aromatic carbocycles. The predicted octanol–water partition coefficient (Wildman–Crippen LogP) is 3.21. The Morgan fingerprint density at radius 3 is 2.50 bits per heavy atom. The van der Waals surface area contributed by atoms with Crippen molar-refractivity contribution in [1.82, 2.24) is 10.9 Å². The van der Waals surface area contributed by atoms with E-state index in [1.165, 1.54) is 0 Å². The lowest BCUT2D eigenvalue weighted by molar-refractivity contribution is -0.131. The van der Waals surface area contributed by atoms with Gasteiger partial charge in [0.05, 0.1) is 5.41 Å². The second-order valence-corrected chi connectivity index (χ2v) is 7.07. The molecule has 136 valence electrons. The summed E-state index contributed by atoms with van der Waals surface area (Å²) in [7, 11) is 0. The number of rotatable bonds is 5. The highest BCUT2D eigenvalue weighted by Crippen LogP contribution is 2.48. The van der Waals surface area contributed by atoms with E-state index in [1.807, 2.05) is 44.2 Å². The quantitative estimate of drug-likeness (QED) is 0.792. The summed E-state index contributed by atoms with van der Waals surface area (Å²) in [5, 5.41) is 0.590. The molecule has 1 fully saturated rings. The van der Waals surface area contributed by atoms with Gasteiger partial charge in [-0.3, -0.25) is 20.4 Å². The van der Waals surface area contributed by atoms with Crippen molar-refractivity contribution in [3.63, 3.8) is 0 Å².